The van der Waals surface area contributed by atoms with Gasteiger partial charge in [0, 0.05) is 11.9 Å². The van der Waals surface area contributed by atoms with Crippen LogP contribution >= 0.6 is 11.3 Å². The van der Waals surface area contributed by atoms with Gasteiger partial charge in [-0.15, -0.1) is 11.3 Å². The molecule has 1 N–H and O–H groups in total. The first kappa shape index (κ1) is 13.8. The Kier molecular flexibility index (Phi) is 3.50. The standard InChI is InChI=1S/C14H14N2O4S/c1-8-4-5-11(20-8)12-15-9(7-21-12)13(17)16-6-2-3-10(16)14(18)19/h4-5,7,10H,2-3,6H2,1H3,(H,18,19). The highest BCUT2D eigenvalue weighted by atomic mass is 32.1. The largest absolute Gasteiger partial charge is 0.480 e. The molecule has 0 radical (unpaired) electrons. The number of thiazole rings is 1. The number of amides is 1. The molecule has 1 fully saturated rings. The predicted molar refractivity (Wildman–Crippen MR) is 76.2 cm³/mol. The van der Waals surface area contributed by atoms with Crippen LogP contribution in [0.4, 0.5) is 0 Å². The van der Waals surface area contributed by atoms with E-state index in [4.69, 9.17) is 9.52 Å². The summed E-state index contributed by atoms with van der Waals surface area (Å²) in [5.74, 6) is 0.106. The molecular weight excluding hydrogens is 292 g/mol. The molecule has 21 heavy (non-hydrogen) atoms. The molecule has 3 heterocycles. The van der Waals surface area contributed by atoms with E-state index < -0.39 is 12.0 Å². The van der Waals surface area contributed by atoms with Gasteiger partial charge in [-0.25, -0.2) is 9.78 Å². The fourth-order valence-electron chi connectivity index (χ4n) is 2.45. The smallest absolute Gasteiger partial charge is 0.326 e. The van der Waals surface area contributed by atoms with Crippen LogP contribution in [0.5, 0.6) is 0 Å². The van der Waals surface area contributed by atoms with Crippen molar-refractivity contribution in [1.82, 2.24) is 9.88 Å². The summed E-state index contributed by atoms with van der Waals surface area (Å²) >= 11 is 1.31. The maximum atomic E-state index is 12.4. The molecule has 0 aromatic carbocycles. The average Bonchev–Trinajstić information content (AvgIpc) is 3.17. The molecule has 2 aromatic heterocycles. The number of carboxylic acids is 1. The van der Waals surface area contributed by atoms with Gasteiger partial charge in [-0.05, 0) is 31.9 Å². The van der Waals surface area contributed by atoms with Gasteiger partial charge in [-0.1, -0.05) is 0 Å². The second-order valence-corrected chi connectivity index (χ2v) is 5.80. The zero-order valence-electron chi connectivity index (χ0n) is 11.4. The quantitative estimate of drug-likeness (QED) is 0.941. The first-order valence-corrected chi connectivity index (χ1v) is 7.50. The number of nitrogens with zero attached hydrogens (tertiary/aromatic N) is 2. The number of hydrogen-bond donors (Lipinski definition) is 1. The van der Waals surface area contributed by atoms with E-state index in [-0.39, 0.29) is 11.6 Å². The van der Waals surface area contributed by atoms with E-state index in [1.165, 1.54) is 16.2 Å². The topological polar surface area (TPSA) is 83.6 Å². The number of carbonyl (C=O) groups is 2. The fraction of sp³-hybridized carbons (Fsp3) is 0.357. The van der Waals surface area contributed by atoms with Crippen LogP contribution in [0.3, 0.4) is 0 Å². The number of carboxylic acid groups (broad SMARTS) is 1. The first-order chi connectivity index (χ1) is 10.1. The van der Waals surface area contributed by atoms with Gasteiger partial charge >= 0.3 is 5.97 Å². The van der Waals surface area contributed by atoms with Crippen LogP contribution < -0.4 is 0 Å². The molecule has 110 valence electrons. The second-order valence-electron chi connectivity index (χ2n) is 4.94. The van der Waals surface area contributed by atoms with E-state index in [2.05, 4.69) is 4.98 Å². The Hall–Kier alpha value is -2.15. The van der Waals surface area contributed by atoms with E-state index in [1.54, 1.807) is 11.4 Å². The number of likely N-dealkylation sites (tertiary alicyclic amines) is 1. The van der Waals surface area contributed by atoms with Crippen molar-refractivity contribution in [2.24, 2.45) is 0 Å². The van der Waals surface area contributed by atoms with E-state index >= 15 is 0 Å². The lowest BCUT2D eigenvalue weighted by Crippen LogP contribution is -2.40. The highest BCUT2D eigenvalue weighted by Crippen LogP contribution is 2.27. The summed E-state index contributed by atoms with van der Waals surface area (Å²) in [6.07, 6.45) is 1.20. The predicted octanol–water partition coefficient (Wildman–Crippen LogP) is 2.40. The zero-order valence-corrected chi connectivity index (χ0v) is 12.2. The van der Waals surface area contributed by atoms with Crippen molar-refractivity contribution in [3.63, 3.8) is 0 Å². The minimum absolute atomic E-state index is 0.275. The van der Waals surface area contributed by atoms with Gasteiger partial charge in [0.05, 0.1) is 0 Å². The Morgan fingerprint density at radius 3 is 2.95 bits per heavy atom. The highest BCUT2D eigenvalue weighted by Gasteiger charge is 2.35. The molecule has 1 atom stereocenters. The van der Waals surface area contributed by atoms with Crippen molar-refractivity contribution in [2.45, 2.75) is 25.8 Å². The lowest BCUT2D eigenvalue weighted by Gasteiger charge is -2.20. The maximum absolute atomic E-state index is 12.4. The molecule has 2 aromatic rings. The molecule has 1 aliphatic heterocycles. The Balaban J connectivity index is 1.83. The molecule has 0 aliphatic carbocycles. The van der Waals surface area contributed by atoms with Gasteiger partial charge in [0.15, 0.2) is 10.8 Å². The number of carbonyl (C=O) groups excluding carboxylic acids is 1. The Labute approximate surface area is 125 Å². The molecule has 1 saturated heterocycles. The van der Waals surface area contributed by atoms with Crippen molar-refractivity contribution in [1.29, 1.82) is 0 Å². The van der Waals surface area contributed by atoms with E-state index in [1.807, 2.05) is 13.0 Å². The number of aromatic nitrogens is 1. The first-order valence-electron chi connectivity index (χ1n) is 6.62. The Morgan fingerprint density at radius 2 is 2.29 bits per heavy atom. The Bertz CT molecular complexity index is 691. The molecule has 1 aliphatic rings. The van der Waals surface area contributed by atoms with Crippen LogP contribution in [0.25, 0.3) is 10.8 Å². The van der Waals surface area contributed by atoms with Crippen molar-refractivity contribution < 1.29 is 19.1 Å². The van der Waals surface area contributed by atoms with E-state index in [0.717, 1.165) is 5.76 Å². The summed E-state index contributed by atoms with van der Waals surface area (Å²) in [6.45, 7) is 2.30. The minimum atomic E-state index is -0.960. The molecule has 3 rings (SSSR count). The molecule has 0 spiro atoms. The van der Waals surface area contributed by atoms with Crippen molar-refractivity contribution in [3.8, 4) is 10.8 Å². The van der Waals surface area contributed by atoms with Gasteiger partial charge < -0.3 is 14.4 Å². The Morgan fingerprint density at radius 1 is 1.48 bits per heavy atom. The van der Waals surface area contributed by atoms with Crippen LogP contribution in [0.15, 0.2) is 21.9 Å². The molecule has 1 amide bonds. The average molecular weight is 306 g/mol. The summed E-state index contributed by atoms with van der Waals surface area (Å²) in [5.41, 5.74) is 0.275. The summed E-state index contributed by atoms with van der Waals surface area (Å²) < 4.78 is 5.48. The normalized spacial score (nSPS) is 18.1. The summed E-state index contributed by atoms with van der Waals surface area (Å²) in [7, 11) is 0. The molecule has 1 unspecified atom stereocenters. The molecule has 7 heteroatoms. The summed E-state index contributed by atoms with van der Waals surface area (Å²) in [5, 5.41) is 11.4. The van der Waals surface area contributed by atoms with E-state index in [9.17, 15) is 9.59 Å². The lowest BCUT2D eigenvalue weighted by molar-refractivity contribution is -0.141. The maximum Gasteiger partial charge on any atom is 0.326 e. The zero-order chi connectivity index (χ0) is 15.0. The molecular formula is C14H14N2O4S. The fourth-order valence-corrected chi connectivity index (χ4v) is 3.20. The van der Waals surface area contributed by atoms with Crippen LogP contribution in [0, 0.1) is 6.92 Å². The van der Waals surface area contributed by atoms with Gasteiger partial charge in [0.1, 0.15) is 17.5 Å². The van der Waals surface area contributed by atoms with Gasteiger partial charge in [0.25, 0.3) is 5.91 Å². The van der Waals surface area contributed by atoms with E-state index in [0.29, 0.717) is 30.2 Å². The second kappa shape index (κ2) is 5.33. The SMILES string of the molecule is Cc1ccc(-c2nc(C(=O)N3CCCC3C(=O)O)cs2)o1. The number of rotatable bonds is 3. The molecule has 0 bridgehead atoms. The van der Waals surface area contributed by atoms with Gasteiger partial charge in [-0.2, -0.15) is 0 Å². The number of hydrogen-bond acceptors (Lipinski definition) is 5. The monoisotopic (exact) mass is 306 g/mol. The van der Waals surface area contributed by atoms with Crippen LogP contribution in [-0.2, 0) is 4.79 Å². The van der Waals surface area contributed by atoms with Gasteiger partial charge in [0.2, 0.25) is 0 Å². The van der Waals surface area contributed by atoms with Crippen molar-refractivity contribution in [2.75, 3.05) is 6.54 Å². The third-order valence-electron chi connectivity index (χ3n) is 3.47. The third-order valence-corrected chi connectivity index (χ3v) is 4.33. The molecule has 6 nitrogen and oxygen atoms in total. The summed E-state index contributed by atoms with van der Waals surface area (Å²) in [6, 6.07) is 2.89. The minimum Gasteiger partial charge on any atom is -0.480 e. The number of aryl methyl sites for hydroxylation is 1. The number of furan rings is 1. The van der Waals surface area contributed by atoms with Crippen molar-refractivity contribution in [3.05, 3.63) is 29.0 Å². The van der Waals surface area contributed by atoms with Gasteiger partial charge in [-0.3, -0.25) is 4.79 Å². The highest BCUT2D eigenvalue weighted by molar-refractivity contribution is 7.13. The molecule has 0 saturated carbocycles. The lowest BCUT2D eigenvalue weighted by atomic mass is 10.2. The summed E-state index contributed by atoms with van der Waals surface area (Å²) in [4.78, 5) is 29.2. The van der Waals surface area contributed by atoms with Crippen molar-refractivity contribution >= 4 is 23.2 Å². The number of aliphatic carboxylic acids is 1. The van der Waals surface area contributed by atoms with Crippen LogP contribution in [-0.4, -0.2) is 39.5 Å². The van der Waals surface area contributed by atoms with Crippen LogP contribution in [0.1, 0.15) is 29.1 Å². The van der Waals surface area contributed by atoms with Crippen LogP contribution in [0.2, 0.25) is 0 Å². The third kappa shape index (κ3) is 2.56.